The van der Waals surface area contributed by atoms with Crippen LogP contribution in [0.4, 0.5) is 5.69 Å². The molecule has 2 heterocycles. The van der Waals surface area contributed by atoms with Crippen LogP contribution in [0.15, 0.2) is 90.0 Å². The lowest BCUT2D eigenvalue weighted by atomic mass is 9.89. The Morgan fingerprint density at radius 3 is 2.12 bits per heavy atom. The summed E-state index contributed by atoms with van der Waals surface area (Å²) in [6.07, 6.45) is 9.89. The standard InChI is InChI=1S/C44H53N3O/c1-11-13-15-23-39-33(10)41(38(12-2)48-39)37-27-47(26-34-19-16-14-17-20-34)44(45-37)43(40-31(8)24-30(7)25-32(40)9)46-42-35(28(3)4)21-18-22-36(42)29(5)6/h11,14-25,27-29,43,46H,1,12-13,26H2,2-10H3. The molecular weight excluding hydrogens is 587 g/mol. The average Bonchev–Trinajstić information content (AvgIpc) is 3.60. The summed E-state index contributed by atoms with van der Waals surface area (Å²) in [5.74, 6) is 3.56. The van der Waals surface area contributed by atoms with Gasteiger partial charge in [-0.3, -0.25) is 0 Å². The molecule has 2 aromatic heterocycles. The molecule has 3 aromatic carbocycles. The second-order valence-electron chi connectivity index (χ2n) is 13.8. The molecule has 250 valence electrons. The third kappa shape index (κ3) is 7.28. The van der Waals surface area contributed by atoms with Gasteiger partial charge in [-0.2, -0.15) is 0 Å². The van der Waals surface area contributed by atoms with E-state index in [1.165, 1.54) is 44.6 Å². The van der Waals surface area contributed by atoms with Gasteiger partial charge in [0.05, 0.1) is 5.69 Å². The van der Waals surface area contributed by atoms with Gasteiger partial charge < -0.3 is 14.3 Å². The Bertz CT molecular complexity index is 1850. The quantitative estimate of drug-likeness (QED) is 0.130. The van der Waals surface area contributed by atoms with Crippen molar-refractivity contribution in [2.75, 3.05) is 5.32 Å². The van der Waals surface area contributed by atoms with Gasteiger partial charge in [-0.15, -0.1) is 6.58 Å². The molecule has 0 amide bonds. The van der Waals surface area contributed by atoms with Crippen molar-refractivity contribution in [3.8, 4) is 11.3 Å². The molecule has 0 fully saturated rings. The first kappa shape index (κ1) is 34.8. The van der Waals surface area contributed by atoms with Crippen LogP contribution >= 0.6 is 0 Å². The fourth-order valence-electron chi connectivity index (χ4n) is 7.07. The number of rotatable bonds is 13. The van der Waals surface area contributed by atoms with Crippen molar-refractivity contribution >= 4 is 11.8 Å². The number of aryl methyl sites for hydroxylation is 4. The van der Waals surface area contributed by atoms with Gasteiger partial charge >= 0.3 is 0 Å². The van der Waals surface area contributed by atoms with Crippen LogP contribution < -0.4 is 5.32 Å². The number of benzene rings is 3. The molecule has 4 nitrogen and oxygen atoms in total. The Kier molecular flexibility index (Phi) is 10.9. The number of hydrogen-bond acceptors (Lipinski definition) is 3. The normalized spacial score (nSPS) is 12.4. The summed E-state index contributed by atoms with van der Waals surface area (Å²) in [7, 11) is 0. The minimum absolute atomic E-state index is 0.190. The molecular formula is C44H53N3O. The largest absolute Gasteiger partial charge is 0.461 e. The van der Waals surface area contributed by atoms with Gasteiger partial charge in [0, 0.05) is 36.0 Å². The zero-order chi connectivity index (χ0) is 34.5. The fraction of sp³-hybridized carbons (Fsp3) is 0.341. The van der Waals surface area contributed by atoms with Crippen molar-refractivity contribution < 1.29 is 4.42 Å². The number of imidazole rings is 1. The molecule has 48 heavy (non-hydrogen) atoms. The number of aromatic nitrogens is 2. The Morgan fingerprint density at radius 2 is 1.54 bits per heavy atom. The van der Waals surface area contributed by atoms with Crippen LogP contribution in [0.25, 0.3) is 17.3 Å². The van der Waals surface area contributed by atoms with Crippen molar-refractivity contribution in [2.24, 2.45) is 0 Å². The number of anilines is 1. The third-order valence-corrected chi connectivity index (χ3v) is 9.36. The highest BCUT2D eigenvalue weighted by molar-refractivity contribution is 5.71. The second kappa shape index (κ2) is 15.1. The van der Waals surface area contributed by atoms with E-state index in [9.17, 15) is 0 Å². The molecule has 0 radical (unpaired) electrons. The van der Waals surface area contributed by atoms with Crippen molar-refractivity contribution in [1.82, 2.24) is 9.55 Å². The Labute approximate surface area is 288 Å². The maximum Gasteiger partial charge on any atom is 0.137 e. The topological polar surface area (TPSA) is 43.0 Å². The summed E-state index contributed by atoms with van der Waals surface area (Å²) in [6, 6.07) is 21.9. The SMILES string of the molecule is C=CCC=Cc1oc(CC)c(-c2cn(Cc3ccccc3)c(C(Nc3c(C(C)C)cccc3C(C)C)c3c(C)cc(C)cc3C)n2)c1C. The summed E-state index contributed by atoms with van der Waals surface area (Å²) >= 11 is 0. The molecule has 0 spiro atoms. The van der Waals surface area contributed by atoms with Gasteiger partial charge in [0.2, 0.25) is 0 Å². The van der Waals surface area contributed by atoms with E-state index in [1.54, 1.807) is 0 Å². The zero-order valence-electron chi connectivity index (χ0n) is 30.4. The van der Waals surface area contributed by atoms with E-state index in [4.69, 9.17) is 9.40 Å². The molecule has 5 rings (SSSR count). The number of nitrogens with one attached hydrogen (secondary N) is 1. The van der Waals surface area contributed by atoms with E-state index in [0.29, 0.717) is 18.4 Å². The highest BCUT2D eigenvalue weighted by atomic mass is 16.3. The second-order valence-corrected chi connectivity index (χ2v) is 13.8. The van der Waals surface area contributed by atoms with Gasteiger partial charge in [-0.05, 0) is 85.4 Å². The maximum absolute atomic E-state index is 6.45. The van der Waals surface area contributed by atoms with E-state index in [1.807, 2.05) is 6.08 Å². The number of hydrogen-bond donors (Lipinski definition) is 1. The monoisotopic (exact) mass is 639 g/mol. The van der Waals surface area contributed by atoms with Gasteiger partial charge in [-0.1, -0.05) is 113 Å². The zero-order valence-corrected chi connectivity index (χ0v) is 30.4. The Morgan fingerprint density at radius 1 is 0.896 bits per heavy atom. The van der Waals surface area contributed by atoms with Crippen molar-refractivity contribution in [2.45, 2.75) is 99.6 Å². The highest BCUT2D eigenvalue weighted by Gasteiger charge is 2.29. The molecule has 0 saturated heterocycles. The van der Waals surface area contributed by atoms with E-state index in [-0.39, 0.29) is 6.04 Å². The van der Waals surface area contributed by atoms with E-state index >= 15 is 0 Å². The van der Waals surface area contributed by atoms with Crippen LogP contribution in [0.3, 0.4) is 0 Å². The van der Waals surface area contributed by atoms with Crippen LogP contribution in [-0.2, 0) is 13.0 Å². The minimum Gasteiger partial charge on any atom is -0.461 e. The third-order valence-electron chi connectivity index (χ3n) is 9.36. The molecule has 1 unspecified atom stereocenters. The van der Waals surface area contributed by atoms with Crippen LogP contribution in [0.1, 0.15) is 121 Å². The first-order chi connectivity index (χ1) is 23.0. The molecule has 1 N–H and O–H groups in total. The lowest BCUT2D eigenvalue weighted by Gasteiger charge is -2.29. The van der Waals surface area contributed by atoms with Crippen LogP contribution in [-0.4, -0.2) is 9.55 Å². The predicted molar refractivity (Wildman–Crippen MR) is 204 cm³/mol. The lowest BCUT2D eigenvalue weighted by molar-refractivity contribution is 0.507. The highest BCUT2D eigenvalue weighted by Crippen LogP contribution is 2.40. The smallest absolute Gasteiger partial charge is 0.137 e. The number of nitrogens with zero attached hydrogens (tertiary/aromatic N) is 2. The van der Waals surface area contributed by atoms with E-state index < -0.39 is 0 Å². The lowest BCUT2D eigenvalue weighted by Crippen LogP contribution is -2.22. The van der Waals surface area contributed by atoms with E-state index in [0.717, 1.165) is 47.0 Å². The summed E-state index contributed by atoms with van der Waals surface area (Å²) in [6.45, 7) is 24.7. The molecule has 1 atom stereocenters. The first-order valence-electron chi connectivity index (χ1n) is 17.5. The van der Waals surface area contributed by atoms with E-state index in [2.05, 4.69) is 158 Å². The Hall–Kier alpha value is -4.57. The van der Waals surface area contributed by atoms with Crippen molar-refractivity contribution in [3.63, 3.8) is 0 Å². The average molecular weight is 640 g/mol. The molecule has 0 bridgehead atoms. The summed E-state index contributed by atoms with van der Waals surface area (Å²) in [4.78, 5) is 5.58. The predicted octanol–water partition coefficient (Wildman–Crippen LogP) is 12.0. The van der Waals surface area contributed by atoms with Crippen molar-refractivity contribution in [3.05, 3.63) is 147 Å². The maximum atomic E-state index is 6.45. The summed E-state index contributed by atoms with van der Waals surface area (Å²) < 4.78 is 8.81. The Balaban J connectivity index is 1.79. The summed E-state index contributed by atoms with van der Waals surface area (Å²) in [5, 5.41) is 4.16. The van der Waals surface area contributed by atoms with Gasteiger partial charge in [0.15, 0.2) is 0 Å². The molecule has 5 aromatic rings. The van der Waals surface area contributed by atoms with Crippen molar-refractivity contribution in [1.29, 1.82) is 0 Å². The van der Waals surface area contributed by atoms with Gasteiger partial charge in [0.25, 0.3) is 0 Å². The van der Waals surface area contributed by atoms with Gasteiger partial charge in [0.1, 0.15) is 23.4 Å². The van der Waals surface area contributed by atoms with Gasteiger partial charge in [-0.25, -0.2) is 4.98 Å². The molecule has 0 aliphatic heterocycles. The molecule has 0 aliphatic rings. The van der Waals surface area contributed by atoms with Crippen LogP contribution in [0.5, 0.6) is 0 Å². The fourth-order valence-corrected chi connectivity index (χ4v) is 7.07. The van der Waals surface area contributed by atoms with Crippen LogP contribution in [0.2, 0.25) is 0 Å². The minimum atomic E-state index is -0.190. The number of para-hydroxylation sites is 1. The summed E-state index contributed by atoms with van der Waals surface area (Å²) in [5.41, 5.74) is 13.3. The first-order valence-corrected chi connectivity index (χ1v) is 17.5. The molecule has 0 saturated carbocycles. The number of furan rings is 1. The number of allylic oxidation sites excluding steroid dienone is 2. The molecule has 4 heteroatoms. The van der Waals surface area contributed by atoms with Crippen LogP contribution in [0, 0.1) is 27.7 Å². The molecule has 0 aliphatic carbocycles.